The molecule has 0 unspecified atom stereocenters. The molecule has 1 atom stereocenters. The van der Waals surface area contributed by atoms with Crippen molar-refractivity contribution in [1.82, 2.24) is 4.90 Å². The Bertz CT molecular complexity index is 737. The maximum atomic E-state index is 13.2. The number of esters is 1. The average Bonchev–Trinajstić information content (AvgIpc) is 3.22. The zero-order valence-corrected chi connectivity index (χ0v) is 14.3. The van der Waals surface area contributed by atoms with Gasteiger partial charge in [-0.1, -0.05) is 55.5 Å². The van der Waals surface area contributed by atoms with Crippen LogP contribution in [0.5, 0.6) is 0 Å². The molecule has 24 heavy (non-hydrogen) atoms. The Morgan fingerprint density at radius 2 is 1.71 bits per heavy atom. The fourth-order valence-electron chi connectivity index (χ4n) is 4.73. The summed E-state index contributed by atoms with van der Waals surface area (Å²) in [5.74, 6) is 0.123. The quantitative estimate of drug-likeness (QED) is 0.811. The van der Waals surface area contributed by atoms with Crippen molar-refractivity contribution in [3.05, 3.63) is 59.7 Å². The number of carbonyl (C=O) groups excluding carboxylic acids is 1. The van der Waals surface area contributed by atoms with Gasteiger partial charge < -0.3 is 9.64 Å². The molecule has 0 amide bonds. The minimum absolute atomic E-state index is 0.122. The van der Waals surface area contributed by atoms with E-state index in [-0.39, 0.29) is 11.9 Å². The smallest absolute Gasteiger partial charge is 0.321 e. The van der Waals surface area contributed by atoms with Crippen LogP contribution in [-0.4, -0.2) is 37.6 Å². The third kappa shape index (κ3) is 1.91. The van der Waals surface area contributed by atoms with Crippen molar-refractivity contribution < 1.29 is 9.53 Å². The lowest BCUT2D eigenvalue weighted by atomic mass is 9.68. The number of rotatable bonds is 3. The second kappa shape index (κ2) is 5.75. The minimum atomic E-state index is -0.675. The molecule has 1 aliphatic carbocycles. The second-order valence-corrected chi connectivity index (χ2v) is 6.77. The molecule has 1 heterocycles. The molecule has 0 bridgehead atoms. The third-order valence-corrected chi connectivity index (χ3v) is 5.83. The Labute approximate surface area is 143 Å². The van der Waals surface area contributed by atoms with Gasteiger partial charge in [0.25, 0.3) is 0 Å². The number of hydrogen-bond donors (Lipinski definition) is 0. The van der Waals surface area contributed by atoms with E-state index in [9.17, 15) is 4.79 Å². The highest BCUT2D eigenvalue weighted by Gasteiger charge is 2.56. The van der Waals surface area contributed by atoms with E-state index in [0.717, 1.165) is 37.2 Å². The van der Waals surface area contributed by atoms with E-state index in [2.05, 4.69) is 48.2 Å². The normalized spacial score (nSPS) is 21.3. The number of carbonyl (C=O) groups is 1. The maximum absolute atomic E-state index is 13.2. The molecule has 0 spiro atoms. The SMILES string of the molecule is CCN1CC[C@H](C2(C(=O)OC)c3ccccc3-c3ccccc32)C1. The molecule has 0 aromatic heterocycles. The fourth-order valence-corrected chi connectivity index (χ4v) is 4.73. The van der Waals surface area contributed by atoms with Crippen molar-refractivity contribution in [2.24, 2.45) is 5.92 Å². The molecular formula is C21H23NO2. The van der Waals surface area contributed by atoms with Gasteiger partial charge in [-0.25, -0.2) is 0 Å². The van der Waals surface area contributed by atoms with E-state index in [1.807, 2.05) is 12.1 Å². The topological polar surface area (TPSA) is 29.5 Å². The van der Waals surface area contributed by atoms with E-state index in [1.54, 1.807) is 0 Å². The first kappa shape index (κ1) is 15.4. The number of fused-ring (bicyclic) bond motifs is 3. The van der Waals surface area contributed by atoms with Crippen LogP contribution in [0.3, 0.4) is 0 Å². The van der Waals surface area contributed by atoms with Gasteiger partial charge >= 0.3 is 5.97 Å². The molecule has 4 rings (SSSR count). The summed E-state index contributed by atoms with van der Waals surface area (Å²) in [6, 6.07) is 16.7. The summed E-state index contributed by atoms with van der Waals surface area (Å²) in [7, 11) is 1.51. The summed E-state index contributed by atoms with van der Waals surface area (Å²) >= 11 is 0. The van der Waals surface area contributed by atoms with Crippen LogP contribution < -0.4 is 0 Å². The van der Waals surface area contributed by atoms with Crippen LogP contribution in [0.15, 0.2) is 48.5 Å². The molecule has 0 saturated carbocycles. The Morgan fingerprint density at radius 3 is 2.21 bits per heavy atom. The molecule has 2 aromatic rings. The van der Waals surface area contributed by atoms with Crippen molar-refractivity contribution in [3.8, 4) is 11.1 Å². The van der Waals surface area contributed by atoms with Crippen molar-refractivity contribution in [2.45, 2.75) is 18.8 Å². The van der Waals surface area contributed by atoms with E-state index in [0.29, 0.717) is 0 Å². The van der Waals surface area contributed by atoms with Crippen LogP contribution in [-0.2, 0) is 14.9 Å². The maximum Gasteiger partial charge on any atom is 0.321 e. The summed E-state index contributed by atoms with van der Waals surface area (Å²) < 4.78 is 5.38. The van der Waals surface area contributed by atoms with Crippen LogP contribution in [0, 0.1) is 5.92 Å². The largest absolute Gasteiger partial charge is 0.468 e. The first-order valence-corrected chi connectivity index (χ1v) is 8.73. The summed E-state index contributed by atoms with van der Waals surface area (Å²) in [6.07, 6.45) is 1.02. The van der Waals surface area contributed by atoms with Crippen molar-refractivity contribution in [1.29, 1.82) is 0 Å². The zero-order valence-electron chi connectivity index (χ0n) is 14.3. The van der Waals surface area contributed by atoms with Crippen LogP contribution in [0.4, 0.5) is 0 Å². The standard InChI is InChI=1S/C21H23NO2/c1-3-22-13-12-15(14-22)21(20(23)24-2)18-10-6-4-8-16(18)17-9-5-7-11-19(17)21/h4-11,15H,3,12-14H2,1-2H3/t15-/m0/s1. The summed E-state index contributed by atoms with van der Waals surface area (Å²) in [4.78, 5) is 15.6. The number of ether oxygens (including phenoxy) is 1. The van der Waals surface area contributed by atoms with Gasteiger partial charge in [0.15, 0.2) is 0 Å². The molecule has 1 saturated heterocycles. The lowest BCUT2D eigenvalue weighted by molar-refractivity contribution is -0.147. The number of hydrogen-bond acceptors (Lipinski definition) is 3. The van der Waals surface area contributed by atoms with Gasteiger partial charge in [-0.05, 0) is 47.7 Å². The second-order valence-electron chi connectivity index (χ2n) is 6.77. The Hall–Kier alpha value is -2.13. The van der Waals surface area contributed by atoms with Gasteiger partial charge in [-0.2, -0.15) is 0 Å². The highest BCUT2D eigenvalue weighted by molar-refractivity contribution is 5.98. The lowest BCUT2D eigenvalue weighted by Crippen LogP contribution is -2.44. The van der Waals surface area contributed by atoms with E-state index < -0.39 is 5.41 Å². The number of nitrogens with zero attached hydrogens (tertiary/aromatic N) is 1. The van der Waals surface area contributed by atoms with Gasteiger partial charge in [-0.3, -0.25) is 4.79 Å². The molecule has 1 aliphatic heterocycles. The summed E-state index contributed by atoms with van der Waals surface area (Å²) in [6.45, 7) is 5.19. The summed E-state index contributed by atoms with van der Waals surface area (Å²) in [5, 5.41) is 0. The lowest BCUT2D eigenvalue weighted by Gasteiger charge is -2.35. The number of methoxy groups -OCH3 is 1. The predicted octanol–water partition coefficient (Wildman–Crippen LogP) is 3.47. The molecule has 124 valence electrons. The van der Waals surface area contributed by atoms with Crippen molar-refractivity contribution >= 4 is 5.97 Å². The minimum Gasteiger partial charge on any atom is -0.468 e. The highest BCUT2D eigenvalue weighted by Crippen LogP contribution is 2.55. The molecule has 0 N–H and O–H groups in total. The highest BCUT2D eigenvalue weighted by atomic mass is 16.5. The molecule has 3 nitrogen and oxygen atoms in total. The molecule has 0 radical (unpaired) electrons. The Morgan fingerprint density at radius 1 is 1.12 bits per heavy atom. The molecule has 3 heteroatoms. The zero-order chi connectivity index (χ0) is 16.7. The van der Waals surface area contributed by atoms with Gasteiger partial charge in [0.1, 0.15) is 5.41 Å². The van der Waals surface area contributed by atoms with E-state index in [1.165, 1.54) is 18.2 Å². The van der Waals surface area contributed by atoms with Crippen LogP contribution in [0.2, 0.25) is 0 Å². The van der Waals surface area contributed by atoms with Crippen molar-refractivity contribution in [2.75, 3.05) is 26.7 Å². The fraction of sp³-hybridized carbons (Fsp3) is 0.381. The molecule has 2 aromatic carbocycles. The van der Waals surface area contributed by atoms with Crippen molar-refractivity contribution in [3.63, 3.8) is 0 Å². The van der Waals surface area contributed by atoms with E-state index in [4.69, 9.17) is 4.74 Å². The third-order valence-electron chi connectivity index (χ3n) is 5.83. The van der Waals surface area contributed by atoms with Gasteiger partial charge in [0.05, 0.1) is 7.11 Å². The Kier molecular flexibility index (Phi) is 3.69. The van der Waals surface area contributed by atoms with Gasteiger partial charge in [0.2, 0.25) is 0 Å². The van der Waals surface area contributed by atoms with Crippen LogP contribution in [0.1, 0.15) is 24.5 Å². The first-order chi connectivity index (χ1) is 11.7. The number of benzene rings is 2. The molecule has 1 fully saturated rings. The molecular weight excluding hydrogens is 298 g/mol. The predicted molar refractivity (Wildman–Crippen MR) is 94.9 cm³/mol. The van der Waals surface area contributed by atoms with Crippen LogP contribution >= 0.6 is 0 Å². The molecule has 2 aliphatic rings. The van der Waals surface area contributed by atoms with Gasteiger partial charge in [-0.15, -0.1) is 0 Å². The monoisotopic (exact) mass is 321 g/mol. The number of likely N-dealkylation sites (tertiary alicyclic amines) is 1. The first-order valence-electron chi connectivity index (χ1n) is 8.73. The Balaban J connectivity index is 1.98. The van der Waals surface area contributed by atoms with E-state index >= 15 is 0 Å². The average molecular weight is 321 g/mol. The summed E-state index contributed by atoms with van der Waals surface area (Å²) in [5.41, 5.74) is 3.90. The van der Waals surface area contributed by atoms with Gasteiger partial charge in [0, 0.05) is 6.54 Å². The van der Waals surface area contributed by atoms with Crippen LogP contribution in [0.25, 0.3) is 11.1 Å².